The molecule has 0 fully saturated rings. The Labute approximate surface area is 89.0 Å². The van der Waals surface area contributed by atoms with Gasteiger partial charge in [0.2, 0.25) is 0 Å². The van der Waals surface area contributed by atoms with Crippen LogP contribution in [-0.4, -0.2) is 25.1 Å². The van der Waals surface area contributed by atoms with Crippen LogP contribution in [0.3, 0.4) is 0 Å². The van der Waals surface area contributed by atoms with Gasteiger partial charge >= 0.3 is 11.7 Å². The van der Waals surface area contributed by atoms with Crippen molar-refractivity contribution < 1.29 is 26.0 Å². The molecule has 0 aliphatic rings. The summed E-state index contributed by atoms with van der Waals surface area (Å²) >= 11 is 0. The minimum atomic E-state index is -5.45. The van der Waals surface area contributed by atoms with Crippen molar-refractivity contribution in [1.29, 1.82) is 0 Å². The Morgan fingerprint density at radius 3 is 2.38 bits per heavy atom. The average Bonchev–Trinajstić information content (AvgIpc) is 2.17. The molecule has 0 aromatic carbocycles. The third-order valence-electron chi connectivity index (χ3n) is 1.78. The molecule has 0 saturated heterocycles. The summed E-state index contributed by atoms with van der Waals surface area (Å²) < 4.78 is 71.7. The van der Waals surface area contributed by atoms with E-state index in [-0.39, 0.29) is 0 Å². The number of pyridine rings is 1. The van der Waals surface area contributed by atoms with E-state index in [0.717, 1.165) is 12.3 Å². The predicted molar refractivity (Wildman–Crippen MR) is 47.1 cm³/mol. The summed E-state index contributed by atoms with van der Waals surface area (Å²) in [5, 5.41) is -6.19. The van der Waals surface area contributed by atoms with Crippen molar-refractivity contribution in [2.45, 2.75) is 23.6 Å². The molecule has 8 heteroatoms. The number of aryl methyl sites for hydroxylation is 1. The molecule has 0 unspecified atom stereocenters. The predicted octanol–water partition coefficient (Wildman–Crippen LogP) is 2.02. The molecule has 0 bridgehead atoms. The number of sulfone groups is 1. The van der Waals surface area contributed by atoms with Gasteiger partial charge in [-0.2, -0.15) is 8.78 Å². The van der Waals surface area contributed by atoms with Crippen LogP contribution in [-0.2, 0) is 9.84 Å². The van der Waals surface area contributed by atoms with Gasteiger partial charge in [-0.05, 0) is 24.6 Å². The van der Waals surface area contributed by atoms with Gasteiger partial charge in [-0.25, -0.2) is 22.2 Å². The zero-order valence-corrected chi connectivity index (χ0v) is 8.81. The largest absolute Gasteiger partial charge is 0.410 e. The average molecular weight is 257 g/mol. The molecule has 1 rings (SSSR count). The summed E-state index contributed by atoms with van der Waals surface area (Å²) in [7, 11) is -5.45. The van der Waals surface area contributed by atoms with Gasteiger partial charge in [0.25, 0.3) is 9.84 Å². The smallest absolute Gasteiger partial charge is 0.245 e. The Kier molecular flexibility index (Phi) is 3.22. The SMILES string of the molecule is Cc1ccnc(S(=O)(=O)C(F)(F)C(F)F)c1. The summed E-state index contributed by atoms with van der Waals surface area (Å²) in [5.41, 5.74) is 0.332. The zero-order chi connectivity index (χ0) is 12.6. The maximum absolute atomic E-state index is 12.8. The zero-order valence-electron chi connectivity index (χ0n) is 7.99. The lowest BCUT2D eigenvalue weighted by Crippen LogP contribution is -2.37. The minimum absolute atomic E-state index is 0.332. The van der Waals surface area contributed by atoms with Gasteiger partial charge < -0.3 is 0 Å². The van der Waals surface area contributed by atoms with Gasteiger partial charge in [-0.3, -0.25) is 0 Å². The van der Waals surface area contributed by atoms with Gasteiger partial charge in [0.05, 0.1) is 0 Å². The van der Waals surface area contributed by atoms with Crippen LogP contribution in [0.1, 0.15) is 5.56 Å². The lowest BCUT2D eigenvalue weighted by Gasteiger charge is -2.15. The van der Waals surface area contributed by atoms with E-state index in [1.807, 2.05) is 0 Å². The van der Waals surface area contributed by atoms with Crippen LogP contribution in [0.2, 0.25) is 0 Å². The van der Waals surface area contributed by atoms with Crippen molar-refractivity contribution in [3.05, 3.63) is 23.9 Å². The highest BCUT2D eigenvalue weighted by molar-refractivity contribution is 7.92. The van der Waals surface area contributed by atoms with Crippen LogP contribution < -0.4 is 0 Å². The summed E-state index contributed by atoms with van der Waals surface area (Å²) in [6, 6.07) is 2.17. The second-order valence-corrected chi connectivity index (χ2v) is 5.01. The van der Waals surface area contributed by atoms with Gasteiger partial charge in [0.15, 0.2) is 5.03 Å². The first-order chi connectivity index (χ1) is 7.19. The van der Waals surface area contributed by atoms with Crippen LogP contribution in [0.4, 0.5) is 17.6 Å². The summed E-state index contributed by atoms with van der Waals surface area (Å²) in [6.07, 6.45) is -3.33. The molecular weight excluding hydrogens is 250 g/mol. The van der Waals surface area contributed by atoms with Crippen LogP contribution in [0.15, 0.2) is 23.4 Å². The Morgan fingerprint density at radius 2 is 1.94 bits per heavy atom. The number of aromatic nitrogens is 1. The molecular formula is C8H7F4NO2S. The fourth-order valence-corrected chi connectivity index (χ4v) is 1.97. The Balaban J connectivity index is 3.33. The summed E-state index contributed by atoms with van der Waals surface area (Å²) in [6.45, 7) is 1.43. The summed E-state index contributed by atoms with van der Waals surface area (Å²) in [5.74, 6) is 0. The molecule has 0 spiro atoms. The highest BCUT2D eigenvalue weighted by Gasteiger charge is 2.55. The van der Waals surface area contributed by atoms with Crippen LogP contribution in [0, 0.1) is 6.92 Å². The van der Waals surface area contributed by atoms with E-state index in [2.05, 4.69) is 4.98 Å². The normalized spacial score (nSPS) is 13.1. The van der Waals surface area contributed by atoms with Gasteiger partial charge in [0, 0.05) is 6.20 Å². The highest BCUT2D eigenvalue weighted by Crippen LogP contribution is 2.33. The van der Waals surface area contributed by atoms with E-state index < -0.39 is 26.5 Å². The van der Waals surface area contributed by atoms with Crippen molar-refractivity contribution in [2.75, 3.05) is 0 Å². The number of hydrogen-bond acceptors (Lipinski definition) is 3. The molecule has 0 amide bonds. The maximum Gasteiger partial charge on any atom is 0.410 e. The quantitative estimate of drug-likeness (QED) is 0.778. The van der Waals surface area contributed by atoms with E-state index in [4.69, 9.17) is 0 Å². The van der Waals surface area contributed by atoms with E-state index in [1.165, 1.54) is 13.0 Å². The van der Waals surface area contributed by atoms with Crippen LogP contribution in [0.5, 0.6) is 0 Å². The first-order valence-electron chi connectivity index (χ1n) is 4.03. The maximum atomic E-state index is 12.8. The standard InChI is InChI=1S/C8H7F4NO2S/c1-5-2-3-13-6(4-5)16(14,15)8(11,12)7(9)10/h2-4,7H,1H3. The Hall–Kier alpha value is -1.18. The summed E-state index contributed by atoms with van der Waals surface area (Å²) in [4.78, 5) is 3.16. The molecule has 1 aromatic rings. The van der Waals surface area contributed by atoms with Crippen LogP contribution >= 0.6 is 0 Å². The van der Waals surface area contributed by atoms with Crippen molar-refractivity contribution in [2.24, 2.45) is 0 Å². The number of rotatable bonds is 3. The van der Waals surface area contributed by atoms with Gasteiger partial charge in [-0.1, -0.05) is 0 Å². The first kappa shape index (κ1) is 12.9. The molecule has 0 aliphatic heterocycles. The molecule has 0 aliphatic carbocycles. The van der Waals surface area contributed by atoms with Crippen molar-refractivity contribution in [3.8, 4) is 0 Å². The molecule has 0 N–H and O–H groups in total. The number of hydrogen-bond donors (Lipinski definition) is 0. The van der Waals surface area contributed by atoms with E-state index in [0.29, 0.717) is 5.56 Å². The van der Waals surface area contributed by atoms with E-state index in [9.17, 15) is 26.0 Å². The topological polar surface area (TPSA) is 47.0 Å². The number of nitrogens with zero attached hydrogens (tertiary/aromatic N) is 1. The highest BCUT2D eigenvalue weighted by atomic mass is 32.2. The fraction of sp³-hybridized carbons (Fsp3) is 0.375. The van der Waals surface area contributed by atoms with E-state index >= 15 is 0 Å². The number of alkyl halides is 4. The second kappa shape index (κ2) is 4.00. The minimum Gasteiger partial charge on any atom is -0.245 e. The molecule has 0 atom stereocenters. The first-order valence-corrected chi connectivity index (χ1v) is 5.51. The third-order valence-corrected chi connectivity index (χ3v) is 3.45. The third kappa shape index (κ3) is 2.01. The van der Waals surface area contributed by atoms with Crippen LogP contribution in [0.25, 0.3) is 0 Å². The van der Waals surface area contributed by atoms with Gasteiger partial charge in [0.1, 0.15) is 0 Å². The van der Waals surface area contributed by atoms with E-state index in [1.54, 1.807) is 0 Å². The Morgan fingerprint density at radius 1 is 1.38 bits per heavy atom. The van der Waals surface area contributed by atoms with Crippen molar-refractivity contribution >= 4 is 9.84 Å². The van der Waals surface area contributed by atoms with Crippen molar-refractivity contribution in [1.82, 2.24) is 4.98 Å². The van der Waals surface area contributed by atoms with Gasteiger partial charge in [-0.15, -0.1) is 0 Å². The molecule has 0 radical (unpaired) electrons. The fourth-order valence-electron chi connectivity index (χ4n) is 0.912. The monoisotopic (exact) mass is 257 g/mol. The molecule has 1 aromatic heterocycles. The molecule has 90 valence electrons. The Bertz CT molecular complexity index is 487. The molecule has 1 heterocycles. The van der Waals surface area contributed by atoms with Crippen molar-refractivity contribution in [3.63, 3.8) is 0 Å². The number of halogens is 4. The lowest BCUT2D eigenvalue weighted by molar-refractivity contribution is -0.0638. The lowest BCUT2D eigenvalue weighted by atomic mass is 10.3. The molecule has 16 heavy (non-hydrogen) atoms. The molecule has 3 nitrogen and oxygen atoms in total. The second-order valence-electron chi connectivity index (χ2n) is 3.04. The molecule has 0 saturated carbocycles.